The van der Waals surface area contributed by atoms with Crippen LogP contribution in [0.3, 0.4) is 0 Å². The molecule has 122 valence electrons. The van der Waals surface area contributed by atoms with Crippen LogP contribution in [-0.2, 0) is 11.8 Å². The first-order valence-corrected chi connectivity index (χ1v) is 8.84. The lowest BCUT2D eigenvalue weighted by molar-refractivity contribution is -0.130. The molecule has 0 aromatic carbocycles. The van der Waals surface area contributed by atoms with Crippen LogP contribution in [0.4, 0.5) is 0 Å². The van der Waals surface area contributed by atoms with Crippen molar-refractivity contribution in [2.45, 2.75) is 24.9 Å². The largest absolute Gasteiger partial charge is 0.342 e. The first-order valence-electron chi connectivity index (χ1n) is 7.85. The predicted molar refractivity (Wildman–Crippen MR) is 89.9 cm³/mol. The number of piperidine rings is 1. The third kappa shape index (κ3) is 3.72. The van der Waals surface area contributed by atoms with Gasteiger partial charge in [0, 0.05) is 38.1 Å². The van der Waals surface area contributed by atoms with Crippen LogP contribution in [0.2, 0.25) is 0 Å². The molecular weight excluding hydrogens is 310 g/mol. The topological polar surface area (TPSA) is 63.9 Å². The highest BCUT2D eigenvalue weighted by Crippen LogP contribution is 2.23. The number of carbonyl (C=O) groups is 1. The van der Waals surface area contributed by atoms with E-state index in [1.165, 1.54) is 18.2 Å². The molecule has 0 aliphatic carbocycles. The van der Waals surface area contributed by atoms with E-state index in [0.717, 1.165) is 36.1 Å². The average molecular weight is 331 g/mol. The van der Waals surface area contributed by atoms with E-state index in [1.807, 2.05) is 28.6 Å². The Morgan fingerprint density at radius 2 is 2.13 bits per heavy atom. The number of hydrogen-bond donors (Lipinski definition) is 0. The molecule has 0 N–H and O–H groups in total. The van der Waals surface area contributed by atoms with Crippen molar-refractivity contribution in [3.63, 3.8) is 0 Å². The van der Waals surface area contributed by atoms with E-state index < -0.39 is 0 Å². The van der Waals surface area contributed by atoms with Gasteiger partial charge in [-0.05, 0) is 30.9 Å². The first kappa shape index (κ1) is 16.0. The fourth-order valence-corrected chi connectivity index (χ4v) is 3.64. The molecule has 1 aliphatic rings. The Kier molecular flexibility index (Phi) is 4.95. The van der Waals surface area contributed by atoms with Gasteiger partial charge in [0.05, 0.1) is 5.75 Å². The molecule has 1 saturated heterocycles. The van der Waals surface area contributed by atoms with E-state index in [4.69, 9.17) is 0 Å². The number of thioether (sulfide) groups is 1. The Morgan fingerprint density at radius 3 is 2.87 bits per heavy atom. The number of hydrogen-bond acceptors (Lipinski definition) is 5. The normalized spacial score (nSPS) is 18.2. The molecule has 0 unspecified atom stereocenters. The smallest absolute Gasteiger partial charge is 0.233 e. The second kappa shape index (κ2) is 7.12. The molecule has 3 heterocycles. The summed E-state index contributed by atoms with van der Waals surface area (Å²) < 4.78 is 1.92. The van der Waals surface area contributed by atoms with Crippen molar-refractivity contribution >= 4 is 17.7 Å². The zero-order valence-electron chi connectivity index (χ0n) is 13.5. The fourth-order valence-electron chi connectivity index (χ4n) is 2.83. The molecule has 1 amide bonds. The van der Waals surface area contributed by atoms with Crippen LogP contribution in [0.25, 0.3) is 11.4 Å². The minimum Gasteiger partial charge on any atom is -0.342 e. The summed E-state index contributed by atoms with van der Waals surface area (Å²) in [6.07, 6.45) is 5.79. The second-order valence-corrected chi connectivity index (χ2v) is 6.92. The number of aromatic nitrogens is 4. The number of amides is 1. The number of pyridine rings is 1. The minimum atomic E-state index is 0.190. The molecule has 0 bridgehead atoms. The van der Waals surface area contributed by atoms with Crippen LogP contribution < -0.4 is 0 Å². The van der Waals surface area contributed by atoms with Gasteiger partial charge >= 0.3 is 0 Å². The Hall–Kier alpha value is -1.89. The number of nitrogens with zero attached hydrogens (tertiary/aromatic N) is 5. The summed E-state index contributed by atoms with van der Waals surface area (Å²) in [5.41, 5.74) is 0.970. The van der Waals surface area contributed by atoms with Crippen LogP contribution >= 0.6 is 11.8 Å². The molecule has 6 nitrogen and oxygen atoms in total. The van der Waals surface area contributed by atoms with E-state index in [2.05, 4.69) is 22.1 Å². The standard InChI is InChI=1S/C16H21N5OS/c1-12-4-3-9-21(10-12)14(22)11-23-16-19-18-15(20(16)2)13-5-7-17-8-6-13/h5-8,12H,3-4,9-11H2,1-2H3/t12-/m0/s1. The molecule has 1 aliphatic heterocycles. The van der Waals surface area contributed by atoms with E-state index in [0.29, 0.717) is 11.7 Å². The molecule has 2 aromatic rings. The van der Waals surface area contributed by atoms with Gasteiger partial charge in [-0.2, -0.15) is 0 Å². The molecule has 7 heteroatoms. The van der Waals surface area contributed by atoms with Gasteiger partial charge in [0.15, 0.2) is 11.0 Å². The third-order valence-electron chi connectivity index (χ3n) is 4.11. The van der Waals surface area contributed by atoms with Crippen LogP contribution in [0.1, 0.15) is 19.8 Å². The van der Waals surface area contributed by atoms with Gasteiger partial charge < -0.3 is 9.47 Å². The predicted octanol–water partition coefficient (Wildman–Crippen LogP) is 2.23. The SMILES string of the molecule is C[C@H]1CCCN(C(=O)CSc2nnc(-c3ccncc3)n2C)C1. The molecule has 3 rings (SSSR count). The summed E-state index contributed by atoms with van der Waals surface area (Å²) in [6, 6.07) is 3.80. The summed E-state index contributed by atoms with van der Waals surface area (Å²) >= 11 is 1.45. The van der Waals surface area contributed by atoms with Crippen LogP contribution in [0.15, 0.2) is 29.7 Å². The van der Waals surface area contributed by atoms with Crippen molar-refractivity contribution in [3.05, 3.63) is 24.5 Å². The molecule has 23 heavy (non-hydrogen) atoms. The van der Waals surface area contributed by atoms with E-state index in [1.54, 1.807) is 12.4 Å². The van der Waals surface area contributed by atoms with Gasteiger partial charge in [-0.15, -0.1) is 10.2 Å². The maximum atomic E-state index is 12.3. The van der Waals surface area contributed by atoms with Crippen molar-refractivity contribution in [1.29, 1.82) is 0 Å². The fraction of sp³-hybridized carbons (Fsp3) is 0.500. The van der Waals surface area contributed by atoms with Crippen LogP contribution in [-0.4, -0.2) is 49.4 Å². The summed E-state index contributed by atoms with van der Waals surface area (Å²) in [6.45, 7) is 3.96. The number of carbonyl (C=O) groups excluding carboxylic acids is 1. The van der Waals surface area contributed by atoms with Gasteiger partial charge in [-0.25, -0.2) is 0 Å². The molecule has 1 atom stereocenters. The lowest BCUT2D eigenvalue weighted by atomic mass is 10.0. The van der Waals surface area contributed by atoms with Crippen molar-refractivity contribution in [2.24, 2.45) is 13.0 Å². The van der Waals surface area contributed by atoms with Gasteiger partial charge in [-0.1, -0.05) is 18.7 Å². The summed E-state index contributed by atoms with van der Waals surface area (Å²) in [5.74, 6) is 1.99. The molecule has 0 saturated carbocycles. The van der Waals surface area contributed by atoms with Crippen molar-refractivity contribution < 1.29 is 4.79 Å². The minimum absolute atomic E-state index is 0.190. The Labute approximate surface area is 140 Å². The van der Waals surface area contributed by atoms with Crippen LogP contribution in [0.5, 0.6) is 0 Å². The summed E-state index contributed by atoms with van der Waals surface area (Å²) in [4.78, 5) is 18.3. The molecule has 0 spiro atoms. The Balaban J connectivity index is 1.63. The monoisotopic (exact) mass is 331 g/mol. The van der Waals surface area contributed by atoms with Crippen molar-refractivity contribution in [3.8, 4) is 11.4 Å². The molecular formula is C16H21N5OS. The van der Waals surface area contributed by atoms with Gasteiger partial charge in [0.1, 0.15) is 0 Å². The zero-order chi connectivity index (χ0) is 16.2. The lowest BCUT2D eigenvalue weighted by Gasteiger charge is -2.30. The van der Waals surface area contributed by atoms with Crippen molar-refractivity contribution in [1.82, 2.24) is 24.6 Å². The maximum absolute atomic E-state index is 12.3. The lowest BCUT2D eigenvalue weighted by Crippen LogP contribution is -2.40. The highest BCUT2D eigenvalue weighted by molar-refractivity contribution is 7.99. The van der Waals surface area contributed by atoms with E-state index >= 15 is 0 Å². The first-order chi connectivity index (χ1) is 11.1. The zero-order valence-corrected chi connectivity index (χ0v) is 14.3. The molecule has 0 radical (unpaired) electrons. The van der Waals surface area contributed by atoms with E-state index in [-0.39, 0.29) is 5.91 Å². The van der Waals surface area contributed by atoms with Gasteiger partial charge in [-0.3, -0.25) is 9.78 Å². The van der Waals surface area contributed by atoms with Crippen molar-refractivity contribution in [2.75, 3.05) is 18.8 Å². The summed E-state index contributed by atoms with van der Waals surface area (Å²) in [5, 5.41) is 9.20. The average Bonchev–Trinajstić information content (AvgIpc) is 2.94. The molecule has 1 fully saturated rings. The molecule has 2 aromatic heterocycles. The van der Waals surface area contributed by atoms with Gasteiger partial charge in [0.2, 0.25) is 5.91 Å². The highest BCUT2D eigenvalue weighted by Gasteiger charge is 2.21. The Morgan fingerprint density at radius 1 is 1.35 bits per heavy atom. The number of likely N-dealkylation sites (tertiary alicyclic amines) is 1. The highest BCUT2D eigenvalue weighted by atomic mass is 32.2. The second-order valence-electron chi connectivity index (χ2n) is 5.98. The number of rotatable bonds is 4. The summed E-state index contributed by atoms with van der Waals surface area (Å²) in [7, 11) is 1.92. The van der Waals surface area contributed by atoms with Crippen LogP contribution in [0, 0.1) is 5.92 Å². The quantitative estimate of drug-likeness (QED) is 0.804. The third-order valence-corrected chi connectivity index (χ3v) is 5.11. The Bertz CT molecular complexity index is 672. The van der Waals surface area contributed by atoms with E-state index in [9.17, 15) is 4.79 Å². The maximum Gasteiger partial charge on any atom is 0.233 e. The van der Waals surface area contributed by atoms with Gasteiger partial charge in [0.25, 0.3) is 0 Å².